The number of furan rings is 1. The summed E-state index contributed by atoms with van der Waals surface area (Å²) in [6, 6.07) is 9.78. The molecular formula is C22H25N3O4. The Morgan fingerprint density at radius 1 is 1.24 bits per heavy atom. The van der Waals surface area contributed by atoms with Gasteiger partial charge in [-0.25, -0.2) is 9.97 Å². The fourth-order valence-electron chi connectivity index (χ4n) is 3.31. The van der Waals surface area contributed by atoms with Crippen LogP contribution < -0.4 is 10.1 Å². The summed E-state index contributed by atoms with van der Waals surface area (Å²) in [5, 5.41) is 4.04. The highest BCUT2D eigenvalue weighted by Crippen LogP contribution is 2.30. The van der Waals surface area contributed by atoms with Crippen LogP contribution in [0, 0.1) is 0 Å². The zero-order valence-electron chi connectivity index (χ0n) is 16.5. The van der Waals surface area contributed by atoms with Gasteiger partial charge in [0.1, 0.15) is 23.6 Å². The number of nitrogens with one attached hydrogen (secondary N) is 1. The van der Waals surface area contributed by atoms with Gasteiger partial charge >= 0.3 is 0 Å². The molecule has 0 aliphatic carbocycles. The zero-order valence-corrected chi connectivity index (χ0v) is 16.5. The Kier molecular flexibility index (Phi) is 6.17. The minimum atomic E-state index is -0.262. The summed E-state index contributed by atoms with van der Waals surface area (Å²) < 4.78 is 17.7. The Morgan fingerprint density at radius 3 is 3.00 bits per heavy atom. The first-order chi connectivity index (χ1) is 14.2. The molecule has 0 bridgehead atoms. The smallest absolute Gasteiger partial charge is 0.226 e. The summed E-state index contributed by atoms with van der Waals surface area (Å²) in [4.78, 5) is 19.7. The van der Waals surface area contributed by atoms with E-state index < -0.39 is 0 Å². The van der Waals surface area contributed by atoms with Crippen molar-refractivity contribution in [2.24, 2.45) is 0 Å². The van der Waals surface area contributed by atoms with Crippen LogP contribution in [0.5, 0.6) is 5.88 Å². The summed E-state index contributed by atoms with van der Waals surface area (Å²) >= 11 is 0. The van der Waals surface area contributed by atoms with Crippen molar-refractivity contribution in [2.45, 2.75) is 45.4 Å². The number of carbonyl (C=O) groups excluding carboxylic acids is 1. The number of hydrogen-bond acceptors (Lipinski definition) is 7. The van der Waals surface area contributed by atoms with Crippen molar-refractivity contribution in [2.75, 3.05) is 13.2 Å². The quantitative estimate of drug-likeness (QED) is 0.580. The van der Waals surface area contributed by atoms with Crippen molar-refractivity contribution >= 4 is 16.7 Å². The second-order valence-electron chi connectivity index (χ2n) is 7.22. The molecule has 7 heteroatoms. The Morgan fingerprint density at radius 2 is 2.17 bits per heavy atom. The third-order valence-electron chi connectivity index (χ3n) is 4.88. The van der Waals surface area contributed by atoms with Crippen LogP contribution in [-0.4, -0.2) is 35.2 Å². The second kappa shape index (κ2) is 9.15. The Balaban J connectivity index is 1.51. The Bertz CT molecular complexity index is 979. The van der Waals surface area contributed by atoms with Crippen LogP contribution in [0.3, 0.4) is 0 Å². The number of benzene rings is 1. The first-order valence-corrected chi connectivity index (χ1v) is 10.0. The van der Waals surface area contributed by atoms with Gasteiger partial charge in [0.15, 0.2) is 0 Å². The molecule has 1 unspecified atom stereocenters. The van der Waals surface area contributed by atoms with Crippen LogP contribution in [0.25, 0.3) is 22.2 Å². The third kappa shape index (κ3) is 4.99. The minimum absolute atomic E-state index is 0.174. The van der Waals surface area contributed by atoms with E-state index in [2.05, 4.69) is 15.3 Å². The monoisotopic (exact) mass is 395 g/mol. The van der Waals surface area contributed by atoms with Crippen molar-refractivity contribution < 1.29 is 18.7 Å². The largest absolute Gasteiger partial charge is 0.460 e. The van der Waals surface area contributed by atoms with Crippen molar-refractivity contribution in [3.8, 4) is 17.2 Å². The van der Waals surface area contributed by atoms with Crippen LogP contribution in [0.15, 0.2) is 41.1 Å². The van der Waals surface area contributed by atoms with Gasteiger partial charge < -0.3 is 19.2 Å². The number of carbonyl (C=O) groups is 1. The molecule has 0 saturated carbocycles. The molecule has 1 atom stereocenters. The Hall–Kier alpha value is -2.77. The molecule has 2 aromatic heterocycles. The van der Waals surface area contributed by atoms with Crippen LogP contribution in [-0.2, 0) is 16.1 Å². The van der Waals surface area contributed by atoms with Gasteiger partial charge in [0, 0.05) is 24.9 Å². The summed E-state index contributed by atoms with van der Waals surface area (Å²) in [5.41, 5.74) is 1.74. The number of hydrogen-bond donors (Lipinski definition) is 1. The molecule has 1 N–H and O–H groups in total. The molecule has 3 aromatic rings. The molecule has 1 aliphatic heterocycles. The lowest BCUT2D eigenvalue weighted by Crippen LogP contribution is -2.25. The number of ketones is 1. The minimum Gasteiger partial charge on any atom is -0.460 e. The van der Waals surface area contributed by atoms with Gasteiger partial charge in [-0.1, -0.05) is 0 Å². The first kappa shape index (κ1) is 19.5. The molecule has 29 heavy (non-hydrogen) atoms. The van der Waals surface area contributed by atoms with E-state index in [1.807, 2.05) is 30.3 Å². The number of ether oxygens (including phenoxy) is 2. The van der Waals surface area contributed by atoms with E-state index in [4.69, 9.17) is 13.9 Å². The SMILES string of the molecule is CC(=O)CCNCc1ccc(-c2ccc3ncnc(OC4CCCCO4)c3c2)o1. The number of rotatable bonds is 8. The van der Waals surface area contributed by atoms with Gasteiger partial charge in [-0.2, -0.15) is 0 Å². The highest BCUT2D eigenvalue weighted by molar-refractivity contribution is 5.87. The van der Waals surface area contributed by atoms with E-state index in [1.54, 1.807) is 6.92 Å². The van der Waals surface area contributed by atoms with Crippen LogP contribution in [0.2, 0.25) is 0 Å². The number of aromatic nitrogens is 2. The van der Waals surface area contributed by atoms with Crippen LogP contribution in [0.1, 0.15) is 38.4 Å². The van der Waals surface area contributed by atoms with Gasteiger partial charge in [-0.05, 0) is 50.1 Å². The molecule has 3 heterocycles. The fraction of sp³-hybridized carbons (Fsp3) is 0.409. The molecule has 1 aromatic carbocycles. The first-order valence-electron chi connectivity index (χ1n) is 10.0. The second-order valence-corrected chi connectivity index (χ2v) is 7.22. The van der Waals surface area contributed by atoms with Crippen molar-refractivity contribution in [1.82, 2.24) is 15.3 Å². The van der Waals surface area contributed by atoms with Gasteiger partial charge in [0.2, 0.25) is 12.2 Å². The fourth-order valence-corrected chi connectivity index (χ4v) is 3.31. The summed E-state index contributed by atoms with van der Waals surface area (Å²) in [6.07, 6.45) is 4.79. The van der Waals surface area contributed by atoms with Gasteiger partial charge in [0.05, 0.1) is 24.1 Å². The van der Waals surface area contributed by atoms with Gasteiger partial charge in [0.25, 0.3) is 0 Å². The van der Waals surface area contributed by atoms with Crippen molar-refractivity contribution in [3.63, 3.8) is 0 Å². The van der Waals surface area contributed by atoms with E-state index in [9.17, 15) is 4.79 Å². The molecule has 4 rings (SSSR count). The van der Waals surface area contributed by atoms with Crippen molar-refractivity contribution in [3.05, 3.63) is 42.4 Å². The molecule has 1 saturated heterocycles. The maximum Gasteiger partial charge on any atom is 0.226 e. The molecule has 152 valence electrons. The molecule has 0 radical (unpaired) electrons. The molecular weight excluding hydrogens is 370 g/mol. The van der Waals surface area contributed by atoms with E-state index in [-0.39, 0.29) is 12.1 Å². The van der Waals surface area contributed by atoms with E-state index in [1.165, 1.54) is 6.33 Å². The predicted molar refractivity (Wildman–Crippen MR) is 108 cm³/mol. The standard InChI is InChI=1S/C22H25N3O4/c1-15(26)9-10-23-13-17-6-8-20(28-17)16-5-7-19-18(12-16)22(25-14-24-19)29-21-4-2-3-11-27-21/h5-8,12,14,21,23H,2-4,9-11,13H2,1H3. The number of fused-ring (bicyclic) bond motifs is 1. The number of Topliss-reactive ketones (excluding diaryl/α,β-unsaturated/α-hetero) is 1. The van der Waals surface area contributed by atoms with Crippen molar-refractivity contribution in [1.29, 1.82) is 0 Å². The third-order valence-corrected chi connectivity index (χ3v) is 4.88. The molecule has 0 spiro atoms. The summed E-state index contributed by atoms with van der Waals surface area (Å²) in [6.45, 7) is 3.53. The Labute approximate surface area is 169 Å². The molecule has 7 nitrogen and oxygen atoms in total. The lowest BCUT2D eigenvalue weighted by Gasteiger charge is -2.23. The van der Waals surface area contributed by atoms with Crippen LogP contribution in [0.4, 0.5) is 0 Å². The zero-order chi connectivity index (χ0) is 20.1. The maximum atomic E-state index is 11.0. The number of nitrogens with zero attached hydrogens (tertiary/aromatic N) is 2. The van der Waals surface area contributed by atoms with E-state index >= 15 is 0 Å². The summed E-state index contributed by atoms with van der Waals surface area (Å²) in [7, 11) is 0. The van der Waals surface area contributed by atoms with E-state index in [0.717, 1.165) is 47.2 Å². The average Bonchev–Trinajstić information content (AvgIpc) is 3.21. The average molecular weight is 395 g/mol. The van der Waals surface area contributed by atoms with Gasteiger partial charge in [-0.3, -0.25) is 4.79 Å². The highest BCUT2D eigenvalue weighted by atomic mass is 16.7. The lowest BCUT2D eigenvalue weighted by molar-refractivity contribution is -0.116. The lowest BCUT2D eigenvalue weighted by atomic mass is 10.1. The topological polar surface area (TPSA) is 86.5 Å². The van der Waals surface area contributed by atoms with E-state index in [0.29, 0.717) is 32.0 Å². The predicted octanol–water partition coefficient (Wildman–Crippen LogP) is 3.86. The van der Waals surface area contributed by atoms with Crippen LogP contribution >= 0.6 is 0 Å². The molecule has 1 aliphatic rings. The molecule has 1 fully saturated rings. The maximum absolute atomic E-state index is 11.0. The highest BCUT2D eigenvalue weighted by Gasteiger charge is 2.18. The summed E-state index contributed by atoms with van der Waals surface area (Å²) in [5.74, 6) is 2.29. The molecule has 0 amide bonds. The normalized spacial score (nSPS) is 16.8. The van der Waals surface area contributed by atoms with Gasteiger partial charge in [-0.15, -0.1) is 0 Å².